The Bertz CT molecular complexity index is 128. The fourth-order valence-corrected chi connectivity index (χ4v) is 1.23. The maximum absolute atomic E-state index is 8.79. The Kier molecular flexibility index (Phi) is 12.8. The zero-order valence-corrected chi connectivity index (χ0v) is 10.6. The lowest BCUT2D eigenvalue weighted by molar-refractivity contribution is -0.101. The second-order valence-electron chi connectivity index (χ2n) is 3.76. The summed E-state index contributed by atoms with van der Waals surface area (Å²) in [5.74, 6) is 0. The fourth-order valence-electron chi connectivity index (χ4n) is 1.23. The van der Waals surface area contributed by atoms with Crippen molar-refractivity contribution < 1.29 is 19.3 Å². The van der Waals surface area contributed by atoms with E-state index in [1.165, 1.54) is 19.3 Å². The largest absolute Gasteiger partial charge is 0.379 e. The lowest BCUT2D eigenvalue weighted by atomic mass is 10.2. The Morgan fingerprint density at radius 2 is 1.50 bits per heavy atom. The van der Waals surface area contributed by atoms with Crippen LogP contribution in [0, 0.1) is 0 Å². The van der Waals surface area contributed by atoms with E-state index in [0.29, 0.717) is 26.4 Å². The molecule has 0 saturated heterocycles. The second-order valence-corrected chi connectivity index (χ2v) is 3.76. The van der Waals surface area contributed by atoms with Crippen LogP contribution < -0.4 is 0 Å². The molecule has 0 aliphatic rings. The topological polar surface area (TPSA) is 47.9 Å². The lowest BCUT2D eigenvalue weighted by Crippen LogP contribution is -2.13. The van der Waals surface area contributed by atoms with E-state index < -0.39 is 6.29 Å². The van der Waals surface area contributed by atoms with Crippen LogP contribution in [0.1, 0.15) is 39.5 Å². The van der Waals surface area contributed by atoms with Crippen LogP contribution in [-0.2, 0) is 14.2 Å². The van der Waals surface area contributed by atoms with Crippen molar-refractivity contribution in [2.75, 3.05) is 33.0 Å². The molecule has 0 aromatic rings. The molecule has 0 amide bonds. The average Bonchev–Trinajstić information content (AvgIpc) is 2.25. The van der Waals surface area contributed by atoms with Crippen LogP contribution in [0.25, 0.3) is 0 Å². The third-order valence-electron chi connectivity index (χ3n) is 2.10. The maximum Gasteiger partial charge on any atom is 0.151 e. The first kappa shape index (κ1) is 15.8. The lowest BCUT2D eigenvalue weighted by Gasteiger charge is -2.07. The molecule has 0 rings (SSSR count). The van der Waals surface area contributed by atoms with Crippen molar-refractivity contribution in [2.45, 2.75) is 45.8 Å². The van der Waals surface area contributed by atoms with E-state index in [1.54, 1.807) is 6.92 Å². The van der Waals surface area contributed by atoms with Crippen LogP contribution in [0.15, 0.2) is 0 Å². The molecule has 0 heterocycles. The molecule has 16 heavy (non-hydrogen) atoms. The van der Waals surface area contributed by atoms with E-state index in [-0.39, 0.29) is 0 Å². The zero-order chi connectivity index (χ0) is 12.1. The molecular weight excluding hydrogens is 208 g/mol. The third kappa shape index (κ3) is 13.8. The molecule has 0 bridgehead atoms. The van der Waals surface area contributed by atoms with Gasteiger partial charge in [0.25, 0.3) is 0 Å². The molecule has 4 heteroatoms. The van der Waals surface area contributed by atoms with Gasteiger partial charge in [-0.1, -0.05) is 26.2 Å². The van der Waals surface area contributed by atoms with Gasteiger partial charge in [0.1, 0.15) is 0 Å². The number of aliphatic hydroxyl groups is 1. The Morgan fingerprint density at radius 1 is 0.875 bits per heavy atom. The molecule has 4 nitrogen and oxygen atoms in total. The molecule has 1 atom stereocenters. The van der Waals surface area contributed by atoms with Gasteiger partial charge in [0.05, 0.1) is 26.4 Å². The Morgan fingerprint density at radius 3 is 2.12 bits per heavy atom. The van der Waals surface area contributed by atoms with Crippen molar-refractivity contribution >= 4 is 0 Å². The summed E-state index contributed by atoms with van der Waals surface area (Å²) in [5, 5.41) is 8.79. The molecule has 0 saturated carbocycles. The third-order valence-corrected chi connectivity index (χ3v) is 2.10. The van der Waals surface area contributed by atoms with Crippen molar-refractivity contribution in [3.05, 3.63) is 0 Å². The summed E-state index contributed by atoms with van der Waals surface area (Å²) in [5.41, 5.74) is 0. The minimum Gasteiger partial charge on any atom is -0.379 e. The van der Waals surface area contributed by atoms with Crippen molar-refractivity contribution in [3.63, 3.8) is 0 Å². The molecule has 0 radical (unpaired) electrons. The van der Waals surface area contributed by atoms with Gasteiger partial charge in [0.15, 0.2) is 6.29 Å². The summed E-state index contributed by atoms with van der Waals surface area (Å²) >= 11 is 0. The van der Waals surface area contributed by atoms with Gasteiger partial charge in [0.2, 0.25) is 0 Å². The number of rotatable bonds is 12. The Hall–Kier alpha value is -0.160. The number of hydrogen-bond acceptors (Lipinski definition) is 4. The summed E-state index contributed by atoms with van der Waals surface area (Å²) in [6, 6.07) is 0. The van der Waals surface area contributed by atoms with Gasteiger partial charge >= 0.3 is 0 Å². The number of hydrogen-bond donors (Lipinski definition) is 1. The van der Waals surface area contributed by atoms with Gasteiger partial charge < -0.3 is 19.3 Å². The Balaban J connectivity index is 2.88. The van der Waals surface area contributed by atoms with Crippen LogP contribution in [0.2, 0.25) is 0 Å². The van der Waals surface area contributed by atoms with E-state index in [4.69, 9.17) is 19.3 Å². The molecule has 1 N–H and O–H groups in total. The molecule has 0 spiro atoms. The minimum absolute atomic E-state index is 0.425. The van der Waals surface area contributed by atoms with Gasteiger partial charge in [-0.2, -0.15) is 0 Å². The van der Waals surface area contributed by atoms with Crippen molar-refractivity contribution in [1.29, 1.82) is 0 Å². The Labute approximate surface area is 98.9 Å². The highest BCUT2D eigenvalue weighted by Gasteiger charge is 1.94. The van der Waals surface area contributed by atoms with Crippen LogP contribution >= 0.6 is 0 Å². The summed E-state index contributed by atoms with van der Waals surface area (Å²) < 4.78 is 15.5. The van der Waals surface area contributed by atoms with Gasteiger partial charge in [-0.15, -0.1) is 0 Å². The summed E-state index contributed by atoms with van der Waals surface area (Å²) in [7, 11) is 0. The highest BCUT2D eigenvalue weighted by Crippen LogP contribution is 1.98. The first-order chi connectivity index (χ1) is 7.77. The van der Waals surface area contributed by atoms with E-state index in [0.717, 1.165) is 13.0 Å². The first-order valence-corrected chi connectivity index (χ1v) is 6.22. The molecule has 98 valence electrons. The second kappa shape index (κ2) is 12.9. The monoisotopic (exact) mass is 234 g/mol. The van der Waals surface area contributed by atoms with Crippen molar-refractivity contribution in [3.8, 4) is 0 Å². The molecule has 0 aromatic carbocycles. The molecule has 0 aromatic heterocycles. The SMILES string of the molecule is CCCCCCOCCOCCOC(C)O. The molecule has 0 aliphatic heterocycles. The predicted molar refractivity (Wildman–Crippen MR) is 63.4 cm³/mol. The zero-order valence-electron chi connectivity index (χ0n) is 10.6. The normalized spacial score (nSPS) is 12.9. The molecule has 1 unspecified atom stereocenters. The first-order valence-electron chi connectivity index (χ1n) is 6.22. The van der Waals surface area contributed by atoms with Gasteiger partial charge in [-0.3, -0.25) is 0 Å². The van der Waals surface area contributed by atoms with Gasteiger partial charge in [0, 0.05) is 6.61 Å². The predicted octanol–water partition coefficient (Wildman–Crippen LogP) is 1.95. The van der Waals surface area contributed by atoms with Crippen LogP contribution in [0.4, 0.5) is 0 Å². The van der Waals surface area contributed by atoms with Crippen molar-refractivity contribution in [1.82, 2.24) is 0 Å². The fraction of sp³-hybridized carbons (Fsp3) is 1.00. The van der Waals surface area contributed by atoms with E-state index in [9.17, 15) is 0 Å². The summed E-state index contributed by atoms with van der Waals surface area (Å²) in [4.78, 5) is 0. The van der Waals surface area contributed by atoms with Crippen LogP contribution in [-0.4, -0.2) is 44.4 Å². The molecule has 0 aliphatic carbocycles. The van der Waals surface area contributed by atoms with E-state index in [1.807, 2.05) is 0 Å². The van der Waals surface area contributed by atoms with Crippen LogP contribution in [0.3, 0.4) is 0 Å². The van der Waals surface area contributed by atoms with Gasteiger partial charge in [-0.05, 0) is 13.3 Å². The highest BCUT2D eigenvalue weighted by molar-refractivity contribution is 4.39. The van der Waals surface area contributed by atoms with E-state index in [2.05, 4.69) is 6.92 Å². The molecule has 0 fully saturated rings. The standard InChI is InChI=1S/C12H26O4/c1-3-4-5-6-7-14-8-9-15-10-11-16-12(2)13/h12-13H,3-11H2,1-2H3. The smallest absolute Gasteiger partial charge is 0.151 e. The number of aliphatic hydroxyl groups excluding tert-OH is 1. The van der Waals surface area contributed by atoms with Crippen LogP contribution in [0.5, 0.6) is 0 Å². The average molecular weight is 234 g/mol. The minimum atomic E-state index is -0.710. The number of ether oxygens (including phenoxy) is 3. The number of unbranched alkanes of at least 4 members (excludes halogenated alkanes) is 3. The summed E-state index contributed by atoms with van der Waals surface area (Å²) in [6.45, 7) is 6.77. The van der Waals surface area contributed by atoms with Gasteiger partial charge in [-0.25, -0.2) is 0 Å². The van der Waals surface area contributed by atoms with E-state index >= 15 is 0 Å². The molecular formula is C12H26O4. The van der Waals surface area contributed by atoms with Crippen molar-refractivity contribution in [2.24, 2.45) is 0 Å². The quantitative estimate of drug-likeness (QED) is 0.414. The summed E-state index contributed by atoms with van der Waals surface area (Å²) in [6.07, 6.45) is 4.22. The highest BCUT2D eigenvalue weighted by atomic mass is 16.6. The maximum atomic E-state index is 8.79.